The summed E-state index contributed by atoms with van der Waals surface area (Å²) in [7, 11) is 0. The van der Waals surface area contributed by atoms with Crippen LogP contribution in [0.4, 0.5) is 11.4 Å². The van der Waals surface area contributed by atoms with Gasteiger partial charge in [-0.2, -0.15) is 0 Å². The average molecular weight is 248 g/mol. The van der Waals surface area contributed by atoms with Gasteiger partial charge in [-0.05, 0) is 45.4 Å². The number of nitrogens with two attached hydrogens (primary N) is 1. The first kappa shape index (κ1) is 12.7. The van der Waals surface area contributed by atoms with Gasteiger partial charge in [0.2, 0.25) is 0 Å². The summed E-state index contributed by atoms with van der Waals surface area (Å²) >= 11 is 0. The summed E-state index contributed by atoms with van der Waals surface area (Å²) in [6, 6.07) is 5.52. The second kappa shape index (κ2) is 4.52. The van der Waals surface area contributed by atoms with Gasteiger partial charge < -0.3 is 15.4 Å². The number of hydrogen-bond donors (Lipinski definition) is 1. The molecular weight excluding hydrogens is 228 g/mol. The van der Waals surface area contributed by atoms with Crippen LogP contribution in [-0.4, -0.2) is 24.7 Å². The van der Waals surface area contributed by atoms with Crippen LogP contribution < -0.4 is 10.6 Å². The molecule has 1 heterocycles. The Kier molecular flexibility index (Phi) is 3.20. The van der Waals surface area contributed by atoms with E-state index in [2.05, 4.69) is 4.90 Å². The SMILES string of the molecule is CC(C)(C)OC(=O)c1ccc(N2CCC2)cc1N. The lowest BCUT2D eigenvalue weighted by Gasteiger charge is -2.33. The normalized spacial score (nSPS) is 15.2. The molecular formula is C14H20N2O2. The molecule has 0 bridgehead atoms. The Bertz CT molecular complexity index is 459. The fraction of sp³-hybridized carbons (Fsp3) is 0.500. The predicted molar refractivity (Wildman–Crippen MR) is 72.9 cm³/mol. The minimum absolute atomic E-state index is 0.366. The van der Waals surface area contributed by atoms with Crippen LogP contribution in [0.15, 0.2) is 18.2 Å². The van der Waals surface area contributed by atoms with E-state index in [1.165, 1.54) is 6.42 Å². The molecule has 4 heteroatoms. The lowest BCUT2D eigenvalue weighted by molar-refractivity contribution is 0.00708. The molecule has 0 atom stereocenters. The summed E-state index contributed by atoms with van der Waals surface area (Å²) in [5.74, 6) is -0.366. The molecule has 18 heavy (non-hydrogen) atoms. The number of rotatable bonds is 2. The van der Waals surface area contributed by atoms with E-state index < -0.39 is 5.60 Å². The zero-order valence-corrected chi connectivity index (χ0v) is 11.2. The van der Waals surface area contributed by atoms with Gasteiger partial charge in [-0.15, -0.1) is 0 Å². The molecule has 0 spiro atoms. The van der Waals surface area contributed by atoms with Crippen LogP contribution in [0.1, 0.15) is 37.6 Å². The summed E-state index contributed by atoms with van der Waals surface area (Å²) in [5.41, 5.74) is 7.42. The Morgan fingerprint density at radius 1 is 1.33 bits per heavy atom. The Hall–Kier alpha value is -1.71. The molecule has 1 aliphatic rings. The van der Waals surface area contributed by atoms with Crippen molar-refractivity contribution >= 4 is 17.3 Å². The third kappa shape index (κ3) is 2.75. The van der Waals surface area contributed by atoms with Crippen LogP contribution >= 0.6 is 0 Å². The van der Waals surface area contributed by atoms with Gasteiger partial charge in [0.15, 0.2) is 0 Å². The first-order valence-corrected chi connectivity index (χ1v) is 6.25. The van der Waals surface area contributed by atoms with Crippen LogP contribution in [0.2, 0.25) is 0 Å². The zero-order chi connectivity index (χ0) is 13.3. The third-order valence-electron chi connectivity index (χ3n) is 2.88. The monoisotopic (exact) mass is 248 g/mol. The molecule has 98 valence electrons. The Labute approximate surface area is 108 Å². The minimum Gasteiger partial charge on any atom is -0.456 e. The number of nitrogens with zero attached hydrogens (tertiary/aromatic N) is 1. The van der Waals surface area contributed by atoms with Gasteiger partial charge in [-0.1, -0.05) is 0 Å². The predicted octanol–water partition coefficient (Wildman–Crippen LogP) is 2.43. The van der Waals surface area contributed by atoms with Gasteiger partial charge in [0, 0.05) is 24.5 Å². The van der Waals surface area contributed by atoms with Crippen molar-refractivity contribution in [2.24, 2.45) is 0 Å². The molecule has 1 aromatic rings. The molecule has 0 amide bonds. The lowest BCUT2D eigenvalue weighted by Crippen LogP contribution is -2.37. The van der Waals surface area contributed by atoms with Gasteiger partial charge in [-0.25, -0.2) is 4.79 Å². The standard InChI is InChI=1S/C14H20N2O2/c1-14(2,3)18-13(17)11-6-5-10(9-12(11)15)16-7-4-8-16/h5-6,9H,4,7-8,15H2,1-3H3. The number of esters is 1. The maximum Gasteiger partial charge on any atom is 0.340 e. The summed E-state index contributed by atoms with van der Waals surface area (Å²) in [5, 5.41) is 0. The smallest absolute Gasteiger partial charge is 0.340 e. The summed E-state index contributed by atoms with van der Waals surface area (Å²) in [6.45, 7) is 7.65. The number of ether oxygens (including phenoxy) is 1. The van der Waals surface area contributed by atoms with Crippen molar-refractivity contribution in [3.05, 3.63) is 23.8 Å². The lowest BCUT2D eigenvalue weighted by atomic mass is 10.1. The van der Waals surface area contributed by atoms with E-state index in [0.29, 0.717) is 11.3 Å². The van der Waals surface area contributed by atoms with Crippen LogP contribution in [0.5, 0.6) is 0 Å². The fourth-order valence-electron chi connectivity index (χ4n) is 1.84. The van der Waals surface area contributed by atoms with Gasteiger partial charge in [-0.3, -0.25) is 0 Å². The highest BCUT2D eigenvalue weighted by molar-refractivity contribution is 5.96. The molecule has 1 fully saturated rings. The van der Waals surface area contributed by atoms with Crippen LogP contribution in [0.3, 0.4) is 0 Å². The maximum absolute atomic E-state index is 11.9. The largest absolute Gasteiger partial charge is 0.456 e. The molecule has 0 unspecified atom stereocenters. The Morgan fingerprint density at radius 3 is 2.44 bits per heavy atom. The van der Waals surface area contributed by atoms with Gasteiger partial charge in [0.1, 0.15) is 5.60 Å². The molecule has 2 N–H and O–H groups in total. The van der Waals surface area contributed by atoms with Crippen molar-refractivity contribution in [3.63, 3.8) is 0 Å². The number of carbonyl (C=O) groups is 1. The number of anilines is 2. The van der Waals surface area contributed by atoms with Crippen molar-refractivity contribution in [1.82, 2.24) is 0 Å². The van der Waals surface area contributed by atoms with Gasteiger partial charge >= 0.3 is 5.97 Å². The molecule has 1 aliphatic heterocycles. The van der Waals surface area contributed by atoms with E-state index in [9.17, 15) is 4.79 Å². The fourth-order valence-corrected chi connectivity index (χ4v) is 1.84. The molecule has 0 saturated carbocycles. The van der Waals surface area contributed by atoms with Crippen LogP contribution in [0.25, 0.3) is 0 Å². The summed E-state index contributed by atoms with van der Waals surface area (Å²) in [6.07, 6.45) is 1.22. The molecule has 0 aromatic heterocycles. The highest BCUT2D eigenvalue weighted by Gasteiger charge is 2.21. The highest BCUT2D eigenvalue weighted by atomic mass is 16.6. The van der Waals surface area contributed by atoms with E-state index in [0.717, 1.165) is 18.8 Å². The van der Waals surface area contributed by atoms with Crippen LogP contribution in [-0.2, 0) is 4.74 Å². The summed E-state index contributed by atoms with van der Waals surface area (Å²) < 4.78 is 5.31. The molecule has 1 aromatic carbocycles. The van der Waals surface area contributed by atoms with E-state index >= 15 is 0 Å². The number of nitrogen functional groups attached to an aromatic ring is 1. The maximum atomic E-state index is 11.9. The number of carbonyl (C=O) groups excluding carboxylic acids is 1. The summed E-state index contributed by atoms with van der Waals surface area (Å²) in [4.78, 5) is 14.2. The average Bonchev–Trinajstić information content (AvgIpc) is 2.11. The molecule has 0 aliphatic carbocycles. The van der Waals surface area contributed by atoms with Crippen molar-refractivity contribution in [1.29, 1.82) is 0 Å². The highest BCUT2D eigenvalue weighted by Crippen LogP contribution is 2.26. The van der Waals surface area contributed by atoms with E-state index in [-0.39, 0.29) is 5.97 Å². The number of hydrogen-bond acceptors (Lipinski definition) is 4. The quantitative estimate of drug-likeness (QED) is 0.645. The van der Waals surface area contributed by atoms with Crippen LogP contribution in [0, 0.1) is 0 Å². The Morgan fingerprint density at radius 2 is 2.00 bits per heavy atom. The van der Waals surface area contributed by atoms with Crippen molar-refractivity contribution in [2.75, 3.05) is 23.7 Å². The van der Waals surface area contributed by atoms with Crippen molar-refractivity contribution in [2.45, 2.75) is 32.8 Å². The molecule has 1 saturated heterocycles. The first-order valence-electron chi connectivity index (χ1n) is 6.25. The van der Waals surface area contributed by atoms with E-state index in [1.54, 1.807) is 6.07 Å². The van der Waals surface area contributed by atoms with Crippen molar-refractivity contribution < 1.29 is 9.53 Å². The second-order valence-electron chi connectivity index (χ2n) is 5.61. The van der Waals surface area contributed by atoms with E-state index in [1.807, 2.05) is 32.9 Å². The van der Waals surface area contributed by atoms with E-state index in [4.69, 9.17) is 10.5 Å². The molecule has 4 nitrogen and oxygen atoms in total. The minimum atomic E-state index is -0.500. The third-order valence-corrected chi connectivity index (χ3v) is 2.88. The Balaban J connectivity index is 2.16. The topological polar surface area (TPSA) is 55.6 Å². The molecule has 2 rings (SSSR count). The van der Waals surface area contributed by atoms with Gasteiger partial charge in [0.05, 0.1) is 5.56 Å². The first-order chi connectivity index (χ1) is 8.37. The van der Waals surface area contributed by atoms with Gasteiger partial charge in [0.25, 0.3) is 0 Å². The van der Waals surface area contributed by atoms with Crippen molar-refractivity contribution in [3.8, 4) is 0 Å². The molecule has 0 radical (unpaired) electrons. The second-order valence-corrected chi connectivity index (χ2v) is 5.61. The zero-order valence-electron chi connectivity index (χ0n) is 11.2. The number of benzene rings is 1.